The van der Waals surface area contributed by atoms with E-state index in [0.717, 1.165) is 31.4 Å². The molecule has 0 aliphatic carbocycles. The molecule has 0 bridgehead atoms. The molecule has 0 amide bonds. The first-order valence-corrected chi connectivity index (χ1v) is 7.88. The van der Waals surface area contributed by atoms with E-state index in [2.05, 4.69) is 0 Å². The highest BCUT2D eigenvalue weighted by molar-refractivity contribution is 7.89. The Morgan fingerprint density at radius 2 is 1.85 bits per heavy atom. The van der Waals surface area contributed by atoms with Crippen molar-refractivity contribution in [2.24, 2.45) is 0 Å². The maximum Gasteiger partial charge on any atom is 0.337 e. The Kier molecular flexibility index (Phi) is 4.31. The van der Waals surface area contributed by atoms with E-state index >= 15 is 0 Å². The lowest BCUT2D eigenvalue weighted by Crippen LogP contribution is -2.35. The van der Waals surface area contributed by atoms with Crippen LogP contribution in [-0.2, 0) is 10.0 Å². The number of nitrogens with zero attached hydrogens (tertiary/aromatic N) is 1. The molecule has 20 heavy (non-hydrogen) atoms. The van der Waals surface area contributed by atoms with Gasteiger partial charge in [-0.05, 0) is 25.0 Å². The van der Waals surface area contributed by atoms with Gasteiger partial charge in [0.05, 0.1) is 15.5 Å². The zero-order chi connectivity index (χ0) is 14.9. The third-order valence-corrected chi connectivity index (χ3v) is 5.45. The summed E-state index contributed by atoms with van der Waals surface area (Å²) in [7, 11) is -3.89. The van der Waals surface area contributed by atoms with Crippen LogP contribution in [0.3, 0.4) is 0 Å². The zero-order valence-corrected chi connectivity index (χ0v) is 12.0. The number of aromatic carboxylic acids is 1. The molecular weight excluding hydrogens is 309 g/mol. The van der Waals surface area contributed by atoms with Crippen molar-refractivity contribution in [1.29, 1.82) is 0 Å². The van der Waals surface area contributed by atoms with Gasteiger partial charge < -0.3 is 5.11 Å². The van der Waals surface area contributed by atoms with Crippen molar-refractivity contribution in [3.63, 3.8) is 0 Å². The van der Waals surface area contributed by atoms with Crippen molar-refractivity contribution < 1.29 is 22.7 Å². The van der Waals surface area contributed by atoms with Gasteiger partial charge in [-0.1, -0.05) is 18.0 Å². The number of piperidine rings is 1. The Balaban J connectivity index is 2.49. The van der Waals surface area contributed by atoms with Crippen LogP contribution >= 0.6 is 11.6 Å². The first-order chi connectivity index (χ1) is 9.34. The molecule has 2 rings (SSSR count). The Morgan fingerprint density at radius 1 is 1.25 bits per heavy atom. The van der Waals surface area contributed by atoms with E-state index in [1.807, 2.05) is 0 Å². The second-order valence-electron chi connectivity index (χ2n) is 4.54. The van der Waals surface area contributed by atoms with Crippen LogP contribution in [0, 0.1) is 5.82 Å². The molecule has 1 saturated heterocycles. The van der Waals surface area contributed by atoms with Gasteiger partial charge >= 0.3 is 5.97 Å². The molecular formula is C12H13ClFNO4S. The molecule has 1 fully saturated rings. The van der Waals surface area contributed by atoms with Gasteiger partial charge in [0.1, 0.15) is 5.82 Å². The standard InChI is InChI=1S/C12H13ClFNO4S/c13-11-9(12(16)17)6-8(7-10(11)14)20(18,19)15-4-2-1-3-5-15/h6-7H,1-5H2,(H,16,17). The molecule has 0 atom stereocenters. The Bertz CT molecular complexity index is 641. The van der Waals surface area contributed by atoms with Crippen molar-refractivity contribution >= 4 is 27.6 Å². The third-order valence-electron chi connectivity index (χ3n) is 3.18. The predicted molar refractivity (Wildman–Crippen MR) is 71.0 cm³/mol. The van der Waals surface area contributed by atoms with Crippen LogP contribution in [0.2, 0.25) is 5.02 Å². The molecule has 1 aliphatic heterocycles. The van der Waals surface area contributed by atoms with Gasteiger partial charge in [-0.25, -0.2) is 17.6 Å². The maximum atomic E-state index is 13.6. The van der Waals surface area contributed by atoms with E-state index < -0.39 is 32.4 Å². The van der Waals surface area contributed by atoms with Crippen LogP contribution in [0.5, 0.6) is 0 Å². The molecule has 8 heteroatoms. The second-order valence-corrected chi connectivity index (χ2v) is 6.85. The fourth-order valence-corrected chi connectivity index (χ4v) is 3.87. The first-order valence-electron chi connectivity index (χ1n) is 6.06. The zero-order valence-electron chi connectivity index (χ0n) is 10.5. The highest BCUT2D eigenvalue weighted by Gasteiger charge is 2.28. The summed E-state index contributed by atoms with van der Waals surface area (Å²) in [5, 5.41) is 8.34. The van der Waals surface area contributed by atoms with Crippen LogP contribution in [0.25, 0.3) is 0 Å². The van der Waals surface area contributed by atoms with Crippen molar-refractivity contribution in [3.8, 4) is 0 Å². The fraction of sp³-hybridized carbons (Fsp3) is 0.417. The number of carboxylic acid groups (broad SMARTS) is 1. The average Bonchev–Trinajstić information content (AvgIpc) is 2.42. The van der Waals surface area contributed by atoms with E-state index in [0.29, 0.717) is 13.1 Å². The number of carboxylic acids is 1. The number of hydrogen-bond donors (Lipinski definition) is 1. The van der Waals surface area contributed by atoms with Gasteiger partial charge in [-0.15, -0.1) is 0 Å². The molecule has 0 aromatic heterocycles. The molecule has 5 nitrogen and oxygen atoms in total. The summed E-state index contributed by atoms with van der Waals surface area (Å²) in [6.45, 7) is 0.712. The molecule has 1 N–H and O–H groups in total. The SMILES string of the molecule is O=C(O)c1cc(S(=O)(=O)N2CCCCC2)cc(F)c1Cl. The largest absolute Gasteiger partial charge is 0.478 e. The normalized spacial score (nSPS) is 17.1. The monoisotopic (exact) mass is 321 g/mol. The van der Waals surface area contributed by atoms with E-state index in [1.54, 1.807) is 0 Å². The fourth-order valence-electron chi connectivity index (χ4n) is 2.12. The Hall–Kier alpha value is -1.18. The van der Waals surface area contributed by atoms with Gasteiger partial charge in [0, 0.05) is 13.1 Å². The summed E-state index contributed by atoms with van der Waals surface area (Å²) in [6, 6.07) is 1.66. The molecule has 1 heterocycles. The van der Waals surface area contributed by atoms with Gasteiger partial charge in [0.2, 0.25) is 10.0 Å². The third kappa shape index (κ3) is 2.79. The van der Waals surface area contributed by atoms with E-state index in [9.17, 15) is 17.6 Å². The highest BCUT2D eigenvalue weighted by Crippen LogP contribution is 2.27. The number of carbonyl (C=O) groups is 1. The van der Waals surface area contributed by atoms with Crippen LogP contribution in [-0.4, -0.2) is 36.9 Å². The molecule has 110 valence electrons. The molecule has 0 unspecified atom stereocenters. The minimum absolute atomic E-state index is 0.356. The summed E-state index contributed by atoms with van der Waals surface area (Å²) in [6.07, 6.45) is 2.42. The number of benzene rings is 1. The van der Waals surface area contributed by atoms with Gasteiger partial charge in [0.25, 0.3) is 0 Å². The van der Waals surface area contributed by atoms with Crippen molar-refractivity contribution in [2.75, 3.05) is 13.1 Å². The van der Waals surface area contributed by atoms with Crippen LogP contribution < -0.4 is 0 Å². The van der Waals surface area contributed by atoms with Gasteiger partial charge in [-0.2, -0.15) is 4.31 Å². The summed E-state index contributed by atoms with van der Waals surface area (Å²) in [5.74, 6) is -2.52. The van der Waals surface area contributed by atoms with Crippen LogP contribution in [0.1, 0.15) is 29.6 Å². The highest BCUT2D eigenvalue weighted by atomic mass is 35.5. The number of hydrogen-bond acceptors (Lipinski definition) is 3. The number of halogens is 2. The van der Waals surface area contributed by atoms with Crippen molar-refractivity contribution in [3.05, 3.63) is 28.5 Å². The predicted octanol–water partition coefficient (Wildman–Crippen LogP) is 2.35. The van der Waals surface area contributed by atoms with E-state index in [1.165, 1.54) is 4.31 Å². The van der Waals surface area contributed by atoms with Gasteiger partial charge in [-0.3, -0.25) is 0 Å². The minimum atomic E-state index is -3.89. The Morgan fingerprint density at radius 3 is 2.40 bits per heavy atom. The van der Waals surface area contributed by atoms with E-state index in [-0.39, 0.29) is 4.90 Å². The summed E-state index contributed by atoms with van der Waals surface area (Å²) in [5.41, 5.74) is -0.553. The number of rotatable bonds is 3. The summed E-state index contributed by atoms with van der Waals surface area (Å²) in [4.78, 5) is 10.6. The second kappa shape index (κ2) is 5.67. The molecule has 1 aromatic rings. The van der Waals surface area contributed by atoms with Crippen LogP contribution in [0.15, 0.2) is 17.0 Å². The lowest BCUT2D eigenvalue weighted by atomic mass is 10.2. The lowest BCUT2D eigenvalue weighted by Gasteiger charge is -2.26. The average molecular weight is 322 g/mol. The summed E-state index contributed by atoms with van der Waals surface area (Å²) < 4.78 is 39.6. The molecule has 0 saturated carbocycles. The first kappa shape index (κ1) is 15.2. The Labute approximate surface area is 121 Å². The smallest absolute Gasteiger partial charge is 0.337 e. The lowest BCUT2D eigenvalue weighted by molar-refractivity contribution is 0.0696. The van der Waals surface area contributed by atoms with Gasteiger partial charge in [0.15, 0.2) is 0 Å². The quantitative estimate of drug-likeness (QED) is 0.927. The number of sulfonamides is 1. The topological polar surface area (TPSA) is 74.7 Å². The molecule has 1 aromatic carbocycles. The maximum absolute atomic E-state index is 13.6. The van der Waals surface area contributed by atoms with Crippen molar-refractivity contribution in [2.45, 2.75) is 24.2 Å². The van der Waals surface area contributed by atoms with E-state index in [4.69, 9.17) is 16.7 Å². The minimum Gasteiger partial charge on any atom is -0.478 e. The van der Waals surface area contributed by atoms with Crippen molar-refractivity contribution in [1.82, 2.24) is 4.31 Å². The molecule has 1 aliphatic rings. The summed E-state index contributed by atoms with van der Waals surface area (Å²) >= 11 is 5.53. The molecule has 0 spiro atoms. The van der Waals surface area contributed by atoms with Crippen LogP contribution in [0.4, 0.5) is 4.39 Å². The molecule has 0 radical (unpaired) electrons.